The molecule has 0 aromatic carbocycles. The van der Waals surface area contributed by atoms with Gasteiger partial charge in [-0.05, 0) is 22.2 Å². The van der Waals surface area contributed by atoms with Gasteiger partial charge in [-0.15, -0.1) is 0 Å². The zero-order valence-electron chi connectivity index (χ0n) is 6.95. The number of rotatable bonds is 3. The zero-order chi connectivity index (χ0) is 10.4. The van der Waals surface area contributed by atoms with Gasteiger partial charge in [0.1, 0.15) is 0 Å². The Bertz CT molecular complexity index is 286. The van der Waals surface area contributed by atoms with E-state index in [0.29, 0.717) is 4.48 Å². The summed E-state index contributed by atoms with van der Waals surface area (Å²) in [5, 5.41) is 8.90. The normalized spacial score (nSPS) is 13.5. The number of nitrogens with two attached hydrogens (primary N) is 1. The Morgan fingerprint density at radius 3 is 2.62 bits per heavy atom. The summed E-state index contributed by atoms with van der Waals surface area (Å²) in [4.78, 5) is 14.3. The Labute approximate surface area is 88.7 Å². The molecule has 0 atom stereocenters. The van der Waals surface area contributed by atoms with Gasteiger partial charge in [0.05, 0.1) is 4.48 Å². The van der Waals surface area contributed by atoms with E-state index in [2.05, 4.69) is 27.5 Å². The first-order valence-electron chi connectivity index (χ1n) is 3.16. The monoisotopic (exact) mass is 264 g/mol. The smallest absolute Gasteiger partial charge is 0.355 e. The molecule has 72 valence electrons. The number of hydrogen-bond donors (Lipinski definition) is 2. The van der Waals surface area contributed by atoms with Crippen molar-refractivity contribution in [2.45, 2.75) is 0 Å². The summed E-state index contributed by atoms with van der Waals surface area (Å²) in [7, 11) is 0. The summed E-state index contributed by atoms with van der Waals surface area (Å²) < 4.78 is 0.303. The topological polar surface area (TPSA) is 75.7 Å². The van der Waals surface area contributed by atoms with Crippen LogP contribution in [0.4, 0.5) is 0 Å². The first-order chi connectivity index (χ1) is 6.02. The van der Waals surface area contributed by atoms with Crippen LogP contribution in [0.15, 0.2) is 27.8 Å². The van der Waals surface area contributed by atoms with Crippen LogP contribution in [0, 0.1) is 0 Å². The Balaban J connectivity index is 5.06. The van der Waals surface area contributed by atoms with Crippen LogP contribution in [0.3, 0.4) is 0 Å². The largest absolute Gasteiger partial charge is 0.476 e. The highest BCUT2D eigenvalue weighted by Gasteiger charge is 2.10. The summed E-state index contributed by atoms with van der Waals surface area (Å²) >= 11 is 4.18. The maximum atomic E-state index is 10.6. The summed E-state index contributed by atoms with van der Waals surface area (Å²) in [5.41, 5.74) is 5.21. The van der Waals surface area contributed by atoms with Crippen molar-refractivity contribution in [3.8, 4) is 0 Å². The molecule has 0 aromatic rings. The SMILES string of the molecule is C=C/C(Br)=C(\N=C(N)SC)C(=O)O. The van der Waals surface area contributed by atoms with E-state index in [9.17, 15) is 4.79 Å². The number of carbonyl (C=O) groups is 1. The number of thioether (sulfide) groups is 1. The van der Waals surface area contributed by atoms with Crippen LogP contribution in [0.1, 0.15) is 0 Å². The Kier molecular flexibility index (Phi) is 5.48. The molecule has 6 heteroatoms. The molecule has 4 nitrogen and oxygen atoms in total. The number of hydrogen-bond acceptors (Lipinski definition) is 3. The minimum atomic E-state index is -1.15. The molecule has 3 N–H and O–H groups in total. The molecule has 0 aliphatic rings. The molecule has 0 radical (unpaired) electrons. The van der Waals surface area contributed by atoms with E-state index in [4.69, 9.17) is 10.8 Å². The van der Waals surface area contributed by atoms with Gasteiger partial charge in [-0.1, -0.05) is 24.4 Å². The fourth-order valence-corrected chi connectivity index (χ4v) is 0.897. The number of nitrogens with zero attached hydrogens (tertiary/aromatic N) is 1. The molecular formula is C7H9BrN2O2S. The first kappa shape index (κ1) is 12.2. The Hall–Kier alpha value is -0.750. The molecule has 0 aromatic heterocycles. The van der Waals surface area contributed by atoms with Crippen LogP contribution < -0.4 is 5.73 Å². The van der Waals surface area contributed by atoms with Gasteiger partial charge in [0.2, 0.25) is 0 Å². The minimum absolute atomic E-state index is 0.151. The summed E-state index contributed by atoms with van der Waals surface area (Å²) in [6, 6.07) is 0. The van der Waals surface area contributed by atoms with Crippen LogP contribution in [-0.2, 0) is 4.79 Å². The number of aliphatic carboxylic acids is 1. The van der Waals surface area contributed by atoms with Gasteiger partial charge in [0, 0.05) is 0 Å². The Morgan fingerprint density at radius 2 is 2.31 bits per heavy atom. The average Bonchev–Trinajstić information content (AvgIpc) is 2.11. The van der Waals surface area contributed by atoms with Crippen molar-refractivity contribution < 1.29 is 9.90 Å². The molecule has 13 heavy (non-hydrogen) atoms. The van der Waals surface area contributed by atoms with Gasteiger partial charge in [0.25, 0.3) is 0 Å². The fraction of sp³-hybridized carbons (Fsp3) is 0.143. The van der Waals surface area contributed by atoms with Gasteiger partial charge < -0.3 is 10.8 Å². The van der Waals surface area contributed by atoms with Crippen molar-refractivity contribution in [1.29, 1.82) is 0 Å². The standard InChI is InChI=1S/C7H9BrN2O2S/c1-3-4(8)5(6(11)12)10-7(9)13-2/h3H,1H2,2H3,(H2,9,10)(H,11,12)/b5-4+. The number of carboxylic acids is 1. The molecule has 0 unspecified atom stereocenters. The van der Waals surface area contributed by atoms with Crippen LogP contribution >= 0.6 is 27.7 Å². The number of carboxylic acid groups (broad SMARTS) is 1. The maximum Gasteiger partial charge on any atom is 0.355 e. The lowest BCUT2D eigenvalue weighted by Gasteiger charge is -1.98. The summed E-state index contributed by atoms with van der Waals surface area (Å²) in [5.74, 6) is -1.15. The highest BCUT2D eigenvalue weighted by Crippen LogP contribution is 2.15. The number of amidine groups is 1. The summed E-state index contributed by atoms with van der Waals surface area (Å²) in [6.45, 7) is 3.41. The maximum absolute atomic E-state index is 10.6. The van der Waals surface area contributed by atoms with Crippen molar-refractivity contribution in [3.63, 3.8) is 0 Å². The van der Waals surface area contributed by atoms with Crippen molar-refractivity contribution in [1.82, 2.24) is 0 Å². The molecule has 0 saturated heterocycles. The van der Waals surface area contributed by atoms with E-state index in [1.807, 2.05) is 0 Å². The van der Waals surface area contributed by atoms with E-state index in [0.717, 1.165) is 0 Å². The lowest BCUT2D eigenvalue weighted by molar-refractivity contribution is -0.132. The van der Waals surface area contributed by atoms with Crippen molar-refractivity contribution in [3.05, 3.63) is 22.8 Å². The van der Waals surface area contributed by atoms with Crippen LogP contribution in [-0.4, -0.2) is 22.5 Å². The molecule has 0 heterocycles. The van der Waals surface area contributed by atoms with Crippen LogP contribution in [0.2, 0.25) is 0 Å². The highest BCUT2D eigenvalue weighted by atomic mass is 79.9. The molecule has 0 saturated carbocycles. The predicted molar refractivity (Wildman–Crippen MR) is 58.9 cm³/mol. The minimum Gasteiger partial charge on any atom is -0.476 e. The second kappa shape index (κ2) is 5.82. The fourth-order valence-electron chi connectivity index (χ4n) is 0.456. The van der Waals surface area contributed by atoms with Gasteiger partial charge in [-0.2, -0.15) is 0 Å². The number of halogens is 1. The molecule has 0 amide bonds. The second-order valence-electron chi connectivity index (χ2n) is 1.86. The molecule has 0 aliphatic carbocycles. The van der Waals surface area contributed by atoms with Gasteiger partial charge in [-0.3, -0.25) is 0 Å². The van der Waals surface area contributed by atoms with E-state index in [1.54, 1.807) is 6.26 Å². The average molecular weight is 265 g/mol. The van der Waals surface area contributed by atoms with Crippen LogP contribution in [0.25, 0.3) is 0 Å². The van der Waals surface area contributed by atoms with Gasteiger partial charge in [0.15, 0.2) is 10.9 Å². The third-order valence-corrected chi connectivity index (χ3v) is 2.25. The number of aliphatic imine (C=N–C) groups is 1. The first-order valence-corrected chi connectivity index (χ1v) is 5.18. The lowest BCUT2D eigenvalue weighted by Crippen LogP contribution is -2.09. The zero-order valence-corrected chi connectivity index (χ0v) is 9.35. The lowest BCUT2D eigenvalue weighted by atomic mass is 10.4. The highest BCUT2D eigenvalue weighted by molar-refractivity contribution is 9.11. The third kappa shape index (κ3) is 4.14. The Morgan fingerprint density at radius 1 is 1.77 bits per heavy atom. The summed E-state index contributed by atoms with van der Waals surface area (Å²) in [6.07, 6.45) is 3.06. The molecule has 0 aliphatic heterocycles. The predicted octanol–water partition coefficient (Wildman–Crippen LogP) is 1.54. The quantitative estimate of drug-likeness (QED) is 0.351. The molecule has 0 rings (SSSR count). The van der Waals surface area contributed by atoms with E-state index >= 15 is 0 Å². The van der Waals surface area contributed by atoms with E-state index in [-0.39, 0.29) is 10.9 Å². The van der Waals surface area contributed by atoms with Crippen molar-refractivity contribution in [2.75, 3.05) is 6.26 Å². The second-order valence-corrected chi connectivity index (χ2v) is 3.54. The number of allylic oxidation sites excluding steroid dienone is 2. The third-order valence-electron chi connectivity index (χ3n) is 1.04. The molecule has 0 fully saturated rings. The van der Waals surface area contributed by atoms with Crippen molar-refractivity contribution in [2.24, 2.45) is 10.7 Å². The molecule has 0 bridgehead atoms. The van der Waals surface area contributed by atoms with E-state index in [1.165, 1.54) is 17.8 Å². The van der Waals surface area contributed by atoms with Gasteiger partial charge >= 0.3 is 5.97 Å². The van der Waals surface area contributed by atoms with Gasteiger partial charge in [-0.25, -0.2) is 9.79 Å². The van der Waals surface area contributed by atoms with E-state index < -0.39 is 5.97 Å². The van der Waals surface area contributed by atoms with Crippen molar-refractivity contribution >= 4 is 38.8 Å². The van der Waals surface area contributed by atoms with Crippen LogP contribution in [0.5, 0.6) is 0 Å². The molecule has 0 spiro atoms. The molecular weight excluding hydrogens is 256 g/mol.